The number of nitrogens with zero attached hydrogens (tertiary/aromatic N) is 1. The van der Waals surface area contributed by atoms with E-state index in [1.54, 1.807) is 20.3 Å². The van der Waals surface area contributed by atoms with E-state index in [1.807, 2.05) is 13.0 Å². The minimum absolute atomic E-state index is 0.0368. The van der Waals surface area contributed by atoms with Crippen LogP contribution >= 0.6 is 0 Å². The number of ether oxygens (including phenoxy) is 2. The van der Waals surface area contributed by atoms with E-state index in [1.165, 1.54) is 19.3 Å². The topological polar surface area (TPSA) is 54.6 Å². The third-order valence-corrected chi connectivity index (χ3v) is 5.14. The Balaban J connectivity index is 2.13. The largest absolute Gasteiger partial charge is 0.496 e. The molecule has 0 amide bonds. The van der Waals surface area contributed by atoms with E-state index in [9.17, 15) is 4.79 Å². The molecule has 1 aliphatic rings. The summed E-state index contributed by atoms with van der Waals surface area (Å²) in [7, 11) is 3.20. The van der Waals surface area contributed by atoms with Crippen LogP contribution < -0.4 is 14.9 Å². The number of H-pyrrole nitrogens is 1. The lowest BCUT2D eigenvalue weighted by Gasteiger charge is -2.33. The molecule has 3 rings (SSSR count). The van der Waals surface area contributed by atoms with E-state index < -0.39 is 0 Å². The van der Waals surface area contributed by atoms with Gasteiger partial charge in [0.05, 0.1) is 25.1 Å². The summed E-state index contributed by atoms with van der Waals surface area (Å²) in [6.07, 6.45) is 3.67. The summed E-state index contributed by atoms with van der Waals surface area (Å²) in [5.41, 5.74) is 2.46. The third kappa shape index (κ3) is 2.88. The molecule has 2 aromatic rings. The van der Waals surface area contributed by atoms with Crippen molar-refractivity contribution in [2.24, 2.45) is 0 Å². The van der Waals surface area contributed by atoms with Gasteiger partial charge in [-0.2, -0.15) is 0 Å². The Labute approximate surface area is 142 Å². The molecule has 0 bridgehead atoms. The minimum atomic E-state index is 0.0368. The van der Waals surface area contributed by atoms with Crippen LogP contribution in [0.15, 0.2) is 16.9 Å². The maximum absolute atomic E-state index is 13.2. The van der Waals surface area contributed by atoms with Gasteiger partial charge in [0, 0.05) is 23.8 Å². The van der Waals surface area contributed by atoms with Crippen LogP contribution in [-0.4, -0.2) is 36.7 Å². The van der Waals surface area contributed by atoms with Crippen molar-refractivity contribution in [3.63, 3.8) is 0 Å². The fraction of sp³-hybridized carbons (Fsp3) is 0.526. The number of hydrogen-bond acceptors (Lipinski definition) is 4. The number of hydrogen-bond donors (Lipinski definition) is 1. The highest BCUT2D eigenvalue weighted by Gasteiger charge is 2.22. The second-order valence-electron chi connectivity index (χ2n) is 6.59. The molecule has 0 radical (unpaired) electrons. The molecule has 1 unspecified atom stereocenters. The smallest absolute Gasteiger partial charge is 0.198 e. The second kappa shape index (κ2) is 6.85. The number of methoxy groups -OCH3 is 2. The average Bonchev–Trinajstić information content (AvgIpc) is 2.59. The number of piperidine rings is 1. The molecule has 5 heteroatoms. The lowest BCUT2D eigenvalue weighted by molar-refractivity contribution is 0.152. The van der Waals surface area contributed by atoms with Gasteiger partial charge in [-0.05, 0) is 45.4 Å². The number of aromatic amines is 1. The Morgan fingerprint density at radius 1 is 1.21 bits per heavy atom. The first-order chi connectivity index (χ1) is 11.6. The first kappa shape index (κ1) is 16.8. The molecule has 1 N–H and O–H groups in total. The number of likely N-dealkylation sites (tertiary alicyclic amines) is 1. The zero-order chi connectivity index (χ0) is 17.3. The molecule has 1 atom stereocenters. The monoisotopic (exact) mass is 330 g/mol. The Bertz CT molecular complexity index is 797. The van der Waals surface area contributed by atoms with E-state index in [-0.39, 0.29) is 5.43 Å². The minimum Gasteiger partial charge on any atom is -0.496 e. The fourth-order valence-corrected chi connectivity index (χ4v) is 3.62. The highest BCUT2D eigenvalue weighted by atomic mass is 16.5. The van der Waals surface area contributed by atoms with Gasteiger partial charge in [0.15, 0.2) is 5.43 Å². The van der Waals surface area contributed by atoms with Gasteiger partial charge in [-0.15, -0.1) is 0 Å². The number of rotatable bonds is 4. The van der Waals surface area contributed by atoms with Crippen LogP contribution in [0.1, 0.15) is 37.4 Å². The van der Waals surface area contributed by atoms with Crippen molar-refractivity contribution < 1.29 is 9.47 Å². The molecule has 1 aromatic carbocycles. The molecule has 0 aliphatic carbocycles. The van der Waals surface area contributed by atoms with Crippen LogP contribution in [0.25, 0.3) is 10.9 Å². The molecule has 24 heavy (non-hydrogen) atoms. The molecule has 0 spiro atoms. The zero-order valence-electron chi connectivity index (χ0n) is 14.9. The molecular weight excluding hydrogens is 304 g/mol. The summed E-state index contributed by atoms with van der Waals surface area (Å²) >= 11 is 0. The molecule has 1 fully saturated rings. The molecular formula is C19H26N2O3. The van der Waals surface area contributed by atoms with Crippen LogP contribution in [-0.2, 0) is 6.54 Å². The predicted molar refractivity (Wildman–Crippen MR) is 96.1 cm³/mol. The summed E-state index contributed by atoms with van der Waals surface area (Å²) in [5.74, 6) is 1.24. The summed E-state index contributed by atoms with van der Waals surface area (Å²) in [4.78, 5) is 19.0. The molecule has 1 aliphatic heterocycles. The maximum atomic E-state index is 13.2. The highest BCUT2D eigenvalue weighted by Crippen LogP contribution is 2.30. The number of pyridine rings is 1. The molecule has 0 saturated carbocycles. The normalized spacial score (nSPS) is 18.8. The molecule has 130 valence electrons. The van der Waals surface area contributed by atoms with Gasteiger partial charge >= 0.3 is 0 Å². The van der Waals surface area contributed by atoms with Gasteiger partial charge in [-0.3, -0.25) is 9.69 Å². The SMILES string of the molecule is COc1ccc(OC)c2c(=O)c(CN3CCCCC3C)c(C)[nH]c12. The summed E-state index contributed by atoms with van der Waals surface area (Å²) in [6.45, 7) is 5.93. The molecule has 5 nitrogen and oxygen atoms in total. The molecule has 2 heterocycles. The van der Waals surface area contributed by atoms with Crippen molar-refractivity contribution in [2.45, 2.75) is 45.7 Å². The lowest BCUT2D eigenvalue weighted by atomic mass is 10.0. The predicted octanol–water partition coefficient (Wildman–Crippen LogP) is 3.23. The summed E-state index contributed by atoms with van der Waals surface area (Å²) in [5, 5.41) is 0.571. The number of benzene rings is 1. The van der Waals surface area contributed by atoms with Crippen molar-refractivity contribution in [3.8, 4) is 11.5 Å². The fourth-order valence-electron chi connectivity index (χ4n) is 3.62. The molecule has 1 saturated heterocycles. The number of aryl methyl sites for hydroxylation is 1. The Morgan fingerprint density at radius 2 is 1.92 bits per heavy atom. The number of aromatic nitrogens is 1. The molecule has 1 aromatic heterocycles. The van der Waals surface area contributed by atoms with E-state index in [0.717, 1.165) is 17.8 Å². The van der Waals surface area contributed by atoms with Gasteiger partial charge in [-0.1, -0.05) is 6.42 Å². The van der Waals surface area contributed by atoms with Gasteiger partial charge < -0.3 is 14.5 Å². The van der Waals surface area contributed by atoms with Crippen molar-refractivity contribution in [2.75, 3.05) is 20.8 Å². The van der Waals surface area contributed by atoms with Crippen molar-refractivity contribution in [1.82, 2.24) is 9.88 Å². The second-order valence-corrected chi connectivity index (χ2v) is 6.59. The van der Waals surface area contributed by atoms with Crippen LogP contribution in [0.4, 0.5) is 0 Å². The van der Waals surface area contributed by atoms with Crippen molar-refractivity contribution >= 4 is 10.9 Å². The maximum Gasteiger partial charge on any atom is 0.198 e. The highest BCUT2D eigenvalue weighted by molar-refractivity contribution is 5.90. The van der Waals surface area contributed by atoms with Crippen LogP contribution in [0.5, 0.6) is 11.5 Å². The Hall–Kier alpha value is -2.01. The standard InChI is InChI=1S/C19H26N2O3/c1-12-7-5-6-10-21(12)11-14-13(2)20-18-16(24-4)9-8-15(23-3)17(18)19(14)22/h8-9,12H,5-7,10-11H2,1-4H3,(H,20,22). The Kier molecular flexibility index (Phi) is 4.81. The summed E-state index contributed by atoms with van der Waals surface area (Å²) in [6, 6.07) is 4.13. The quantitative estimate of drug-likeness (QED) is 0.935. The Morgan fingerprint density at radius 3 is 2.58 bits per heavy atom. The van der Waals surface area contributed by atoms with Crippen LogP contribution in [0, 0.1) is 6.92 Å². The van der Waals surface area contributed by atoms with Gasteiger partial charge in [-0.25, -0.2) is 0 Å². The third-order valence-electron chi connectivity index (χ3n) is 5.14. The van der Waals surface area contributed by atoms with E-state index in [2.05, 4.69) is 16.8 Å². The van der Waals surface area contributed by atoms with E-state index in [4.69, 9.17) is 9.47 Å². The first-order valence-corrected chi connectivity index (χ1v) is 8.57. The van der Waals surface area contributed by atoms with Gasteiger partial charge in [0.25, 0.3) is 0 Å². The van der Waals surface area contributed by atoms with E-state index >= 15 is 0 Å². The lowest BCUT2D eigenvalue weighted by Crippen LogP contribution is -2.38. The van der Waals surface area contributed by atoms with Gasteiger partial charge in [0.1, 0.15) is 11.5 Å². The number of fused-ring (bicyclic) bond motifs is 1. The summed E-state index contributed by atoms with van der Waals surface area (Å²) < 4.78 is 10.8. The number of nitrogens with one attached hydrogen (secondary N) is 1. The van der Waals surface area contributed by atoms with Crippen molar-refractivity contribution in [3.05, 3.63) is 33.6 Å². The van der Waals surface area contributed by atoms with E-state index in [0.29, 0.717) is 35.0 Å². The van der Waals surface area contributed by atoms with Crippen molar-refractivity contribution in [1.29, 1.82) is 0 Å². The van der Waals surface area contributed by atoms with Crippen LogP contribution in [0.2, 0.25) is 0 Å². The first-order valence-electron chi connectivity index (χ1n) is 8.57. The zero-order valence-corrected chi connectivity index (χ0v) is 14.9. The van der Waals surface area contributed by atoms with Crippen LogP contribution in [0.3, 0.4) is 0 Å². The van der Waals surface area contributed by atoms with Gasteiger partial charge in [0.2, 0.25) is 0 Å². The average molecular weight is 330 g/mol.